The maximum atomic E-state index is 13.1. The van der Waals surface area contributed by atoms with E-state index in [1.165, 1.54) is 12.1 Å². The Labute approximate surface area is 95.0 Å². The van der Waals surface area contributed by atoms with Gasteiger partial charge in [-0.05, 0) is 6.07 Å². The third kappa shape index (κ3) is 1.88. The first-order valence-electron chi connectivity index (χ1n) is 4.13. The third-order valence-corrected chi connectivity index (χ3v) is 2.52. The van der Waals surface area contributed by atoms with Crippen molar-refractivity contribution in [3.63, 3.8) is 0 Å². The lowest BCUT2D eigenvalue weighted by atomic mass is 10.3. The highest BCUT2D eigenvalue weighted by Crippen LogP contribution is 2.22. The van der Waals surface area contributed by atoms with Crippen molar-refractivity contribution in [2.45, 2.75) is 6.54 Å². The molecule has 6 heteroatoms. The minimum absolute atomic E-state index is 0.00614. The van der Waals surface area contributed by atoms with Crippen LogP contribution in [0, 0.1) is 5.82 Å². The SMILES string of the molecule is NCc1nc2cc(F)c(Cl)cc2nc1Cl. The standard InChI is InChI=1S/C9H6Cl2FN3/c10-4-1-6-7(2-5(4)12)14-8(3-13)9(11)15-6/h1-2H,3,13H2. The van der Waals surface area contributed by atoms with E-state index in [1.807, 2.05) is 0 Å². The third-order valence-electron chi connectivity index (χ3n) is 1.92. The molecule has 0 aliphatic rings. The number of benzene rings is 1. The van der Waals surface area contributed by atoms with Gasteiger partial charge >= 0.3 is 0 Å². The molecule has 0 fully saturated rings. The number of nitrogens with two attached hydrogens (primary N) is 1. The molecule has 2 N–H and O–H groups in total. The molecule has 0 aliphatic carbocycles. The number of aromatic nitrogens is 2. The van der Waals surface area contributed by atoms with Gasteiger partial charge in [0.2, 0.25) is 0 Å². The van der Waals surface area contributed by atoms with Crippen molar-refractivity contribution in [1.29, 1.82) is 0 Å². The molecule has 0 radical (unpaired) electrons. The lowest BCUT2D eigenvalue weighted by Gasteiger charge is -2.03. The van der Waals surface area contributed by atoms with Crippen LogP contribution in [0.15, 0.2) is 12.1 Å². The molecule has 2 aromatic rings. The topological polar surface area (TPSA) is 51.8 Å². The molecule has 0 unspecified atom stereocenters. The predicted molar refractivity (Wildman–Crippen MR) is 57.4 cm³/mol. The summed E-state index contributed by atoms with van der Waals surface area (Å²) in [5, 5.41) is 0.209. The molecular weight excluding hydrogens is 240 g/mol. The zero-order chi connectivity index (χ0) is 11.0. The Bertz CT molecular complexity index is 530. The van der Waals surface area contributed by atoms with Gasteiger partial charge in [-0.15, -0.1) is 0 Å². The van der Waals surface area contributed by atoms with Gasteiger partial charge < -0.3 is 5.73 Å². The number of fused-ring (bicyclic) bond motifs is 1. The molecule has 0 saturated heterocycles. The van der Waals surface area contributed by atoms with Crippen molar-refractivity contribution in [1.82, 2.24) is 9.97 Å². The molecule has 0 bridgehead atoms. The minimum Gasteiger partial charge on any atom is -0.325 e. The van der Waals surface area contributed by atoms with Crippen molar-refractivity contribution in [2.75, 3.05) is 0 Å². The minimum atomic E-state index is -0.538. The van der Waals surface area contributed by atoms with Gasteiger partial charge in [-0.1, -0.05) is 23.2 Å². The molecule has 0 amide bonds. The quantitative estimate of drug-likeness (QED) is 0.841. The van der Waals surface area contributed by atoms with Crippen LogP contribution in [-0.2, 0) is 6.54 Å². The summed E-state index contributed by atoms with van der Waals surface area (Å²) >= 11 is 11.4. The van der Waals surface area contributed by atoms with E-state index in [2.05, 4.69) is 9.97 Å². The van der Waals surface area contributed by atoms with Crippen LogP contribution in [0.3, 0.4) is 0 Å². The van der Waals surface area contributed by atoms with Gasteiger partial charge in [0.1, 0.15) is 5.82 Å². The Morgan fingerprint density at radius 1 is 1.20 bits per heavy atom. The van der Waals surface area contributed by atoms with Crippen molar-refractivity contribution >= 4 is 34.2 Å². The van der Waals surface area contributed by atoms with E-state index in [4.69, 9.17) is 28.9 Å². The molecule has 15 heavy (non-hydrogen) atoms. The predicted octanol–water partition coefficient (Wildman–Crippen LogP) is 2.53. The summed E-state index contributed by atoms with van der Waals surface area (Å²) in [7, 11) is 0. The zero-order valence-electron chi connectivity index (χ0n) is 7.47. The highest BCUT2D eigenvalue weighted by atomic mass is 35.5. The molecule has 1 aromatic heterocycles. The fraction of sp³-hybridized carbons (Fsp3) is 0.111. The first-order valence-corrected chi connectivity index (χ1v) is 4.88. The Balaban J connectivity index is 2.76. The molecule has 78 valence electrons. The van der Waals surface area contributed by atoms with Gasteiger partial charge in [-0.3, -0.25) is 0 Å². The summed E-state index contributed by atoms with van der Waals surface area (Å²) in [4.78, 5) is 8.10. The van der Waals surface area contributed by atoms with Crippen molar-refractivity contribution in [3.8, 4) is 0 Å². The van der Waals surface area contributed by atoms with E-state index in [-0.39, 0.29) is 16.7 Å². The summed E-state index contributed by atoms with van der Waals surface area (Å²) in [6, 6.07) is 2.59. The molecule has 0 spiro atoms. The number of rotatable bonds is 1. The van der Waals surface area contributed by atoms with E-state index in [0.717, 1.165) is 0 Å². The second-order valence-electron chi connectivity index (χ2n) is 2.92. The van der Waals surface area contributed by atoms with Crippen LogP contribution < -0.4 is 5.73 Å². The molecule has 1 heterocycles. The van der Waals surface area contributed by atoms with Crippen LogP contribution in [0.1, 0.15) is 5.69 Å². The molecular formula is C9H6Cl2FN3. The average molecular weight is 246 g/mol. The smallest absolute Gasteiger partial charge is 0.152 e. The number of halogens is 3. The van der Waals surface area contributed by atoms with E-state index in [9.17, 15) is 4.39 Å². The van der Waals surface area contributed by atoms with E-state index < -0.39 is 5.82 Å². The summed E-state index contributed by atoms with van der Waals surface area (Å²) in [6.07, 6.45) is 0. The van der Waals surface area contributed by atoms with Gasteiger partial charge in [-0.2, -0.15) is 0 Å². The Hall–Kier alpha value is -0.970. The largest absolute Gasteiger partial charge is 0.325 e. The lowest BCUT2D eigenvalue weighted by molar-refractivity contribution is 0.629. The summed E-state index contributed by atoms with van der Waals surface area (Å²) in [5.74, 6) is -0.538. The van der Waals surface area contributed by atoms with E-state index in [0.29, 0.717) is 16.7 Å². The maximum absolute atomic E-state index is 13.1. The number of hydrogen-bond acceptors (Lipinski definition) is 3. The summed E-state index contributed by atoms with van der Waals surface area (Å²) in [6.45, 7) is 0.159. The van der Waals surface area contributed by atoms with Crippen LogP contribution in [0.4, 0.5) is 4.39 Å². The highest BCUT2D eigenvalue weighted by molar-refractivity contribution is 6.32. The number of nitrogens with zero attached hydrogens (tertiary/aromatic N) is 2. The molecule has 0 saturated carbocycles. The van der Waals surface area contributed by atoms with Gasteiger partial charge in [0.25, 0.3) is 0 Å². The summed E-state index contributed by atoms with van der Waals surface area (Å²) in [5.41, 5.74) is 6.68. The van der Waals surface area contributed by atoms with E-state index in [1.54, 1.807) is 0 Å². The average Bonchev–Trinajstić information content (AvgIpc) is 2.20. The van der Waals surface area contributed by atoms with Gasteiger partial charge in [0, 0.05) is 12.6 Å². The molecule has 3 nitrogen and oxygen atoms in total. The second-order valence-corrected chi connectivity index (χ2v) is 3.69. The van der Waals surface area contributed by atoms with Gasteiger partial charge in [-0.25, -0.2) is 14.4 Å². The van der Waals surface area contributed by atoms with Crippen molar-refractivity contribution in [2.24, 2.45) is 5.73 Å². The molecule has 0 atom stereocenters. The van der Waals surface area contributed by atoms with Crippen LogP contribution in [0.5, 0.6) is 0 Å². The normalized spacial score (nSPS) is 10.9. The first-order chi connectivity index (χ1) is 7.11. The molecule has 1 aromatic carbocycles. The van der Waals surface area contributed by atoms with Crippen LogP contribution >= 0.6 is 23.2 Å². The molecule has 0 aliphatic heterocycles. The first kappa shape index (κ1) is 10.5. The Kier molecular flexibility index (Phi) is 2.73. The van der Waals surface area contributed by atoms with Crippen molar-refractivity contribution in [3.05, 3.63) is 33.8 Å². The van der Waals surface area contributed by atoms with Crippen LogP contribution in [0.25, 0.3) is 11.0 Å². The molecule has 2 rings (SSSR count). The van der Waals surface area contributed by atoms with Gasteiger partial charge in [0.15, 0.2) is 5.15 Å². The van der Waals surface area contributed by atoms with Gasteiger partial charge in [0.05, 0.1) is 21.7 Å². The maximum Gasteiger partial charge on any atom is 0.152 e. The monoisotopic (exact) mass is 245 g/mol. The Morgan fingerprint density at radius 3 is 2.53 bits per heavy atom. The number of hydrogen-bond donors (Lipinski definition) is 1. The van der Waals surface area contributed by atoms with Crippen molar-refractivity contribution < 1.29 is 4.39 Å². The van der Waals surface area contributed by atoms with E-state index >= 15 is 0 Å². The lowest BCUT2D eigenvalue weighted by Crippen LogP contribution is -2.02. The Morgan fingerprint density at radius 2 is 1.87 bits per heavy atom. The fourth-order valence-corrected chi connectivity index (χ4v) is 1.56. The second kappa shape index (κ2) is 3.89. The summed E-state index contributed by atoms with van der Waals surface area (Å²) < 4.78 is 13.1. The zero-order valence-corrected chi connectivity index (χ0v) is 8.98. The highest BCUT2D eigenvalue weighted by Gasteiger charge is 2.08. The van der Waals surface area contributed by atoms with Crippen LogP contribution in [-0.4, -0.2) is 9.97 Å². The van der Waals surface area contributed by atoms with Crippen LogP contribution in [0.2, 0.25) is 10.2 Å². The fourth-order valence-electron chi connectivity index (χ4n) is 1.20.